The first kappa shape index (κ1) is 36.8. The number of aliphatic hydroxyl groups is 1. The summed E-state index contributed by atoms with van der Waals surface area (Å²) in [6.07, 6.45) is 22.3. The van der Waals surface area contributed by atoms with Gasteiger partial charge in [0.1, 0.15) is 6.61 Å². The highest BCUT2D eigenvalue weighted by molar-refractivity contribution is 7.99. The molecule has 220 valence electrons. The number of hydrogen-bond donors (Lipinski definition) is 2. The number of carboxylic acid groups (broad SMARTS) is 1. The first-order valence-corrected chi connectivity index (χ1v) is 17.4. The van der Waals surface area contributed by atoms with Gasteiger partial charge in [-0.1, -0.05) is 124 Å². The summed E-state index contributed by atoms with van der Waals surface area (Å²) < 4.78 is 23.1. The molecule has 2 N–H and O–H groups in total. The average molecular weight is 566 g/mol. The molecule has 0 bridgehead atoms. The van der Waals surface area contributed by atoms with Crippen molar-refractivity contribution in [2.75, 3.05) is 12.4 Å². The average Bonchev–Trinajstić information content (AvgIpc) is 2.88. The van der Waals surface area contributed by atoms with Crippen LogP contribution in [-0.4, -0.2) is 45.4 Å². The van der Waals surface area contributed by atoms with Gasteiger partial charge in [0.15, 0.2) is 0 Å². The largest absolute Gasteiger partial charge is 0.589 e. The number of unbranched alkanes of at least 4 members (excludes halogenated alkanes) is 15. The molecular weight excluding hydrogens is 507 g/mol. The summed E-state index contributed by atoms with van der Waals surface area (Å²) in [6, 6.07) is 0. The van der Waals surface area contributed by atoms with Crippen molar-refractivity contribution >= 4 is 25.8 Å². The third-order valence-corrected chi connectivity index (χ3v) is 9.51. The van der Waals surface area contributed by atoms with E-state index in [9.17, 15) is 19.6 Å². The number of thioether (sulfide) groups is 1. The SMILES string of the molecule is CCCCCCCCCCCCSC(CCCCCCCCC)C(C)OC(O)(C(=O)O)[P+](=O)OCCC. The molecule has 0 spiro atoms. The quantitative estimate of drug-likeness (QED) is 0.0554. The topological polar surface area (TPSA) is 93.1 Å². The van der Waals surface area contributed by atoms with E-state index in [-0.39, 0.29) is 11.9 Å². The first-order chi connectivity index (χ1) is 17.8. The van der Waals surface area contributed by atoms with E-state index in [2.05, 4.69) is 13.8 Å². The molecule has 4 atom stereocenters. The van der Waals surface area contributed by atoms with Crippen molar-refractivity contribution in [1.82, 2.24) is 0 Å². The van der Waals surface area contributed by atoms with Crippen LogP contribution in [0.15, 0.2) is 0 Å². The van der Waals surface area contributed by atoms with Crippen molar-refractivity contribution < 1.29 is 28.8 Å². The van der Waals surface area contributed by atoms with Crippen LogP contribution in [0.1, 0.15) is 150 Å². The van der Waals surface area contributed by atoms with Gasteiger partial charge in [-0.15, -0.1) is 4.52 Å². The molecule has 0 saturated carbocycles. The minimum Gasteiger partial charge on any atom is -0.474 e. The van der Waals surface area contributed by atoms with Crippen LogP contribution in [0.4, 0.5) is 0 Å². The van der Waals surface area contributed by atoms with Gasteiger partial charge in [-0.25, -0.2) is 4.79 Å². The summed E-state index contributed by atoms with van der Waals surface area (Å²) in [5.74, 6) is -0.680. The Kier molecular flexibility index (Phi) is 24.7. The molecule has 0 aromatic rings. The Labute approximate surface area is 233 Å². The molecule has 0 fully saturated rings. The first-order valence-electron chi connectivity index (χ1n) is 15.2. The van der Waals surface area contributed by atoms with Gasteiger partial charge in [0.2, 0.25) is 0 Å². The standard InChI is InChI=1S/C29H57O6PS/c1-5-8-10-12-14-15-16-18-20-22-25-37-27(23-21-19-17-13-11-9-6-2)26(4)35-29(32,28(30)31)36(33)34-24-7-3/h26-27,32H,5-25H2,1-4H3/p+1. The van der Waals surface area contributed by atoms with Crippen LogP contribution >= 0.6 is 19.8 Å². The van der Waals surface area contributed by atoms with Crippen LogP contribution in [0.3, 0.4) is 0 Å². The lowest BCUT2D eigenvalue weighted by atomic mass is 10.1. The van der Waals surface area contributed by atoms with Crippen LogP contribution in [0.25, 0.3) is 0 Å². The molecule has 8 heteroatoms. The Hall–Kier alpha value is -0.200. The minimum absolute atomic E-state index is 0.0367. The molecule has 0 aliphatic rings. The van der Waals surface area contributed by atoms with Gasteiger partial charge in [-0.3, -0.25) is 4.74 Å². The van der Waals surface area contributed by atoms with Crippen LogP contribution in [0.2, 0.25) is 0 Å². The molecule has 0 aliphatic heterocycles. The van der Waals surface area contributed by atoms with E-state index in [0.717, 1.165) is 31.4 Å². The highest BCUT2D eigenvalue weighted by Gasteiger charge is 2.61. The smallest absolute Gasteiger partial charge is 0.474 e. The fourth-order valence-electron chi connectivity index (χ4n) is 4.35. The zero-order valence-corrected chi connectivity index (χ0v) is 26.1. The molecule has 6 nitrogen and oxygen atoms in total. The van der Waals surface area contributed by atoms with Crippen molar-refractivity contribution in [1.29, 1.82) is 0 Å². The predicted molar refractivity (Wildman–Crippen MR) is 158 cm³/mol. The van der Waals surface area contributed by atoms with E-state index in [1.54, 1.807) is 18.7 Å². The maximum absolute atomic E-state index is 12.4. The van der Waals surface area contributed by atoms with E-state index in [0.29, 0.717) is 6.42 Å². The molecule has 0 saturated heterocycles. The maximum Gasteiger partial charge on any atom is 0.589 e. The van der Waals surface area contributed by atoms with Gasteiger partial charge in [0.25, 0.3) is 0 Å². The zero-order chi connectivity index (χ0) is 27.8. The fraction of sp³-hybridized carbons (Fsp3) is 0.966. The van der Waals surface area contributed by atoms with E-state index < -0.39 is 25.6 Å². The molecule has 0 aromatic heterocycles. The third kappa shape index (κ3) is 18.7. The Bertz CT molecular complexity index is 565. The summed E-state index contributed by atoms with van der Waals surface area (Å²) in [4.78, 5) is 11.8. The highest BCUT2D eigenvalue weighted by Crippen LogP contribution is 2.42. The number of aliphatic carboxylic acids is 1. The van der Waals surface area contributed by atoms with E-state index in [1.807, 2.05) is 6.92 Å². The van der Waals surface area contributed by atoms with Gasteiger partial charge in [0, 0.05) is 5.25 Å². The van der Waals surface area contributed by atoms with Crippen molar-refractivity contribution in [3.05, 3.63) is 0 Å². The molecular formula is C29H58O6PS+. The number of ether oxygens (including phenoxy) is 1. The molecule has 37 heavy (non-hydrogen) atoms. The minimum atomic E-state index is -2.91. The molecule has 0 radical (unpaired) electrons. The fourth-order valence-corrected chi connectivity index (χ4v) is 6.61. The Morgan fingerprint density at radius 3 is 1.70 bits per heavy atom. The van der Waals surface area contributed by atoms with Gasteiger partial charge < -0.3 is 10.2 Å². The monoisotopic (exact) mass is 565 g/mol. The van der Waals surface area contributed by atoms with Crippen LogP contribution in [0, 0.1) is 0 Å². The predicted octanol–water partition coefficient (Wildman–Crippen LogP) is 9.45. The number of hydrogen-bond acceptors (Lipinski definition) is 6. The van der Waals surface area contributed by atoms with E-state index in [1.165, 1.54) is 89.9 Å². The molecule has 0 rings (SSSR count). The van der Waals surface area contributed by atoms with E-state index in [4.69, 9.17) is 9.26 Å². The number of carbonyl (C=O) groups is 1. The third-order valence-electron chi connectivity index (χ3n) is 6.73. The highest BCUT2D eigenvalue weighted by atomic mass is 32.2. The van der Waals surface area contributed by atoms with Gasteiger partial charge in [-0.05, 0) is 36.5 Å². The second-order valence-corrected chi connectivity index (χ2v) is 13.1. The lowest BCUT2D eigenvalue weighted by Crippen LogP contribution is -2.43. The van der Waals surface area contributed by atoms with Crippen molar-refractivity contribution in [2.45, 2.75) is 167 Å². The van der Waals surface area contributed by atoms with Gasteiger partial charge in [0.05, 0.1) is 6.10 Å². The second-order valence-electron chi connectivity index (χ2n) is 10.3. The Morgan fingerprint density at radius 2 is 1.24 bits per heavy atom. The Morgan fingerprint density at radius 1 is 0.784 bits per heavy atom. The van der Waals surface area contributed by atoms with Crippen molar-refractivity contribution in [3.63, 3.8) is 0 Å². The summed E-state index contributed by atoms with van der Waals surface area (Å²) in [5, 5.41) is 20.2. The molecule has 0 amide bonds. The summed E-state index contributed by atoms with van der Waals surface area (Å²) in [6.45, 7) is 8.19. The summed E-state index contributed by atoms with van der Waals surface area (Å²) in [7, 11) is -2.91. The van der Waals surface area contributed by atoms with Crippen LogP contribution < -0.4 is 0 Å². The second kappa shape index (κ2) is 24.8. The molecule has 0 heterocycles. The number of carboxylic acids is 1. The molecule has 4 unspecified atom stereocenters. The van der Waals surface area contributed by atoms with Gasteiger partial charge in [-0.2, -0.15) is 11.8 Å². The zero-order valence-electron chi connectivity index (χ0n) is 24.4. The van der Waals surface area contributed by atoms with E-state index >= 15 is 0 Å². The molecule has 0 aromatic carbocycles. The van der Waals surface area contributed by atoms with Gasteiger partial charge >= 0.3 is 19.5 Å². The summed E-state index contributed by atoms with van der Waals surface area (Å²) in [5.41, 5.74) is -2.82. The maximum atomic E-state index is 12.4. The Balaban J connectivity index is 4.67. The summed E-state index contributed by atoms with van der Waals surface area (Å²) >= 11 is 1.80. The van der Waals surface area contributed by atoms with Crippen molar-refractivity contribution in [2.24, 2.45) is 0 Å². The number of rotatable bonds is 28. The van der Waals surface area contributed by atoms with Crippen LogP contribution in [-0.2, 0) is 18.6 Å². The lowest BCUT2D eigenvalue weighted by Gasteiger charge is -2.26. The normalized spacial score (nSPS) is 15.3. The lowest BCUT2D eigenvalue weighted by molar-refractivity contribution is -0.203. The molecule has 0 aliphatic carbocycles. The van der Waals surface area contributed by atoms with Crippen molar-refractivity contribution in [3.8, 4) is 0 Å². The van der Waals surface area contributed by atoms with Crippen LogP contribution in [0.5, 0.6) is 0 Å².